The van der Waals surface area contributed by atoms with Crippen molar-refractivity contribution in [2.24, 2.45) is 0 Å². The smallest absolute Gasteiger partial charge is 0.417 e. The molecule has 0 aliphatic heterocycles. The van der Waals surface area contributed by atoms with Gasteiger partial charge >= 0.3 is 6.18 Å². The van der Waals surface area contributed by atoms with Crippen molar-refractivity contribution in [2.75, 3.05) is 35.9 Å². The first-order valence-corrected chi connectivity index (χ1v) is 21.0. The Bertz CT molecular complexity index is 2700. The predicted molar refractivity (Wildman–Crippen MR) is 253 cm³/mol. The monoisotopic (exact) mass is 886 g/mol. The third kappa shape index (κ3) is 12.8. The van der Waals surface area contributed by atoms with Gasteiger partial charge < -0.3 is 24.8 Å². The van der Waals surface area contributed by atoms with E-state index in [2.05, 4.69) is 15.6 Å². The van der Waals surface area contributed by atoms with Crippen LogP contribution in [0.15, 0.2) is 156 Å². The molecule has 65 heavy (non-hydrogen) atoms. The van der Waals surface area contributed by atoms with E-state index in [9.17, 15) is 22.8 Å². The topological polar surface area (TPSA) is 120 Å². The normalized spacial score (nSPS) is 11.2. The van der Waals surface area contributed by atoms with Gasteiger partial charge in [-0.2, -0.15) is 18.2 Å². The van der Waals surface area contributed by atoms with Crippen LogP contribution in [0.4, 0.5) is 41.9 Å². The van der Waals surface area contributed by atoms with Crippen molar-refractivity contribution >= 4 is 46.0 Å². The molecule has 4 aromatic carbocycles. The molecular weight excluding hydrogens is 834 g/mol. The van der Waals surface area contributed by atoms with Crippen molar-refractivity contribution in [3.8, 4) is 17.3 Å². The number of alkyl halides is 3. The van der Waals surface area contributed by atoms with Crippen molar-refractivity contribution < 1.29 is 32.2 Å². The fraction of sp³-hybridized carbons (Fsp3) is 0.216. The van der Waals surface area contributed by atoms with E-state index in [4.69, 9.17) is 19.2 Å². The van der Waals surface area contributed by atoms with E-state index < -0.39 is 22.6 Å². The highest BCUT2D eigenvalue weighted by atomic mass is 19.4. The van der Waals surface area contributed by atoms with Crippen LogP contribution in [-0.2, 0) is 15.7 Å². The van der Waals surface area contributed by atoms with Gasteiger partial charge in [0.15, 0.2) is 11.1 Å². The van der Waals surface area contributed by atoms with Gasteiger partial charge in [0.2, 0.25) is 5.88 Å². The Morgan fingerprint density at radius 2 is 1.38 bits per heavy atom. The number of pyridine rings is 3. The summed E-state index contributed by atoms with van der Waals surface area (Å²) in [5.41, 5.74) is 2.57. The average Bonchev–Trinajstić information content (AvgIpc) is 3.30. The highest BCUT2D eigenvalue weighted by molar-refractivity contribution is 5.85. The number of anilines is 5. The number of benzene rings is 4. The summed E-state index contributed by atoms with van der Waals surface area (Å²) in [6.45, 7) is 12.1. The van der Waals surface area contributed by atoms with Gasteiger partial charge in [-0.05, 0) is 76.2 Å². The summed E-state index contributed by atoms with van der Waals surface area (Å²) in [7, 11) is 1.45. The third-order valence-electron chi connectivity index (χ3n) is 9.28. The van der Waals surface area contributed by atoms with Crippen molar-refractivity contribution in [2.45, 2.75) is 53.8 Å². The first-order chi connectivity index (χ1) is 31.4. The molecule has 0 aliphatic carbocycles. The number of carbonyl (C=O) groups is 1. The summed E-state index contributed by atoms with van der Waals surface area (Å²) in [5.74, 6) is 2.08. The highest BCUT2D eigenvalue weighted by Gasteiger charge is 2.36. The molecule has 0 atom stereocenters. The van der Waals surface area contributed by atoms with Gasteiger partial charge in [-0.3, -0.25) is 19.1 Å². The molecule has 0 radical (unpaired) electrons. The van der Waals surface area contributed by atoms with Crippen LogP contribution in [-0.4, -0.2) is 47.2 Å². The molecule has 7 aromatic rings. The number of rotatable bonds is 15. The zero-order valence-electron chi connectivity index (χ0n) is 37.4. The van der Waals surface area contributed by atoms with Gasteiger partial charge in [-0.15, -0.1) is 0 Å². The second-order valence-corrected chi connectivity index (χ2v) is 14.3. The van der Waals surface area contributed by atoms with Crippen molar-refractivity contribution in [3.63, 3.8) is 0 Å². The fourth-order valence-corrected chi connectivity index (χ4v) is 6.56. The van der Waals surface area contributed by atoms with Crippen LogP contribution in [0, 0.1) is 13.8 Å². The molecule has 11 nitrogen and oxygen atoms in total. The minimum Gasteiger partial charge on any atom is -0.491 e. The molecule has 2 N–H and O–H groups in total. The largest absolute Gasteiger partial charge is 0.491 e. The summed E-state index contributed by atoms with van der Waals surface area (Å²) in [5, 5.41) is 5.94. The van der Waals surface area contributed by atoms with Gasteiger partial charge in [0, 0.05) is 65.4 Å². The standard InChI is InChI=1S/C25H27N3O2.C24H20F3N3O3.C2H6/c1-18(2)30-23-17-19(3)26-25(20(23)4)28(22-13-9-6-10-14-22)24(15-16-29)27-21-11-7-5-8-12-21;1-32-12-13-33-21-14-18(24(25,26)27)22-19(31)15-20(28-16-8-4-2-5-9-16)30(23(22)29-21)17-10-6-3-7-11-17;1-2/h5-18,27H,1-4H3;2-11,14-15,28H,12-13H2,1H3;1-2H3/b24-15-;;. The quantitative estimate of drug-likeness (QED) is 0.0585. The number of hydrogen-bond donors (Lipinski definition) is 2. The molecule has 0 saturated carbocycles. The number of aldehydes is 1. The van der Waals surface area contributed by atoms with Gasteiger partial charge in [-0.25, -0.2) is 4.98 Å². The first-order valence-electron chi connectivity index (χ1n) is 21.0. The van der Waals surface area contributed by atoms with E-state index in [0.717, 1.165) is 46.8 Å². The molecule has 3 aromatic heterocycles. The summed E-state index contributed by atoms with van der Waals surface area (Å²) in [6, 6.07) is 41.1. The van der Waals surface area contributed by atoms with Crippen LogP contribution in [0.3, 0.4) is 0 Å². The molecule has 7 rings (SSSR count). The summed E-state index contributed by atoms with van der Waals surface area (Å²) < 4.78 is 59.7. The number of fused-ring (bicyclic) bond motifs is 1. The Hall–Kier alpha value is -7.45. The Balaban J connectivity index is 0.000000236. The van der Waals surface area contributed by atoms with Crippen LogP contribution in [0.25, 0.3) is 16.7 Å². The first kappa shape index (κ1) is 48.6. The van der Waals surface area contributed by atoms with E-state index in [1.54, 1.807) is 54.6 Å². The van der Waals surface area contributed by atoms with Gasteiger partial charge in [-0.1, -0.05) is 86.6 Å². The number of nitrogens with zero attached hydrogens (tertiary/aromatic N) is 4. The van der Waals surface area contributed by atoms with Crippen LogP contribution < -0.4 is 30.4 Å². The number of allylic oxidation sites excluding steroid dienone is 1. The predicted octanol–water partition coefficient (Wildman–Crippen LogP) is 12.0. The number of carbonyl (C=O) groups excluding carboxylic acids is 1. The molecule has 0 spiro atoms. The molecular formula is C51H53F3N6O5. The highest BCUT2D eigenvalue weighted by Crippen LogP contribution is 2.38. The Labute approximate surface area is 377 Å². The maximum absolute atomic E-state index is 14.0. The lowest BCUT2D eigenvalue weighted by Gasteiger charge is -2.29. The van der Waals surface area contributed by atoms with Crippen LogP contribution in [0.2, 0.25) is 0 Å². The number of aryl methyl sites for hydroxylation is 1. The molecule has 0 aliphatic rings. The minimum absolute atomic E-state index is 0.00380. The van der Waals surface area contributed by atoms with Gasteiger partial charge in [0.1, 0.15) is 36.1 Å². The Morgan fingerprint density at radius 3 is 1.95 bits per heavy atom. The molecule has 3 heterocycles. The summed E-state index contributed by atoms with van der Waals surface area (Å²) >= 11 is 0. The number of hydrogen-bond acceptors (Lipinski definition) is 10. The van der Waals surface area contributed by atoms with Gasteiger partial charge in [0.25, 0.3) is 0 Å². The number of ether oxygens (including phenoxy) is 3. The molecule has 338 valence electrons. The Kier molecular flexibility index (Phi) is 17.4. The SMILES string of the molecule is CC.COCCOc1cc(C(F)(F)F)c2c(=O)cc(Nc3ccccc3)n(-c3ccccc3)c2n1.Cc1cc(OC(C)C)c(C)c(N(/C(=C\C=O)Nc2ccccc2)c2ccccc2)n1. The second kappa shape index (κ2) is 23.3. The molecule has 0 saturated heterocycles. The van der Waals surface area contributed by atoms with Crippen molar-refractivity contribution in [3.05, 3.63) is 178 Å². The van der Waals surface area contributed by atoms with E-state index in [-0.39, 0.29) is 36.7 Å². The van der Waals surface area contributed by atoms with Crippen LogP contribution in [0.1, 0.15) is 44.5 Å². The second-order valence-electron chi connectivity index (χ2n) is 14.3. The maximum atomic E-state index is 14.0. The Morgan fingerprint density at radius 1 is 0.800 bits per heavy atom. The van der Waals surface area contributed by atoms with Crippen LogP contribution >= 0.6 is 0 Å². The van der Waals surface area contributed by atoms with Crippen LogP contribution in [0.5, 0.6) is 11.6 Å². The van der Waals surface area contributed by atoms with E-state index in [0.29, 0.717) is 23.0 Å². The zero-order valence-corrected chi connectivity index (χ0v) is 37.4. The summed E-state index contributed by atoms with van der Waals surface area (Å²) in [6.07, 6.45) is -2.47. The van der Waals surface area contributed by atoms with Gasteiger partial charge in [0.05, 0.1) is 23.7 Å². The maximum Gasteiger partial charge on any atom is 0.417 e. The number of methoxy groups -OCH3 is 1. The molecule has 0 fully saturated rings. The zero-order chi connectivity index (χ0) is 46.9. The lowest BCUT2D eigenvalue weighted by molar-refractivity contribution is -0.136. The lowest BCUT2D eigenvalue weighted by atomic mass is 10.1. The van der Waals surface area contributed by atoms with Crippen molar-refractivity contribution in [1.82, 2.24) is 14.5 Å². The number of aromatic nitrogens is 3. The molecule has 14 heteroatoms. The molecule has 0 unspecified atom stereocenters. The fourth-order valence-electron chi connectivity index (χ4n) is 6.56. The number of para-hydroxylation sites is 4. The van der Waals surface area contributed by atoms with E-state index in [1.807, 2.05) is 119 Å². The number of halogens is 3. The summed E-state index contributed by atoms with van der Waals surface area (Å²) in [4.78, 5) is 35.6. The lowest BCUT2D eigenvalue weighted by Crippen LogP contribution is -2.25. The molecule has 0 bridgehead atoms. The molecule has 0 amide bonds. The van der Waals surface area contributed by atoms with E-state index in [1.165, 1.54) is 17.8 Å². The third-order valence-corrected chi connectivity index (χ3v) is 9.28. The average molecular weight is 887 g/mol. The van der Waals surface area contributed by atoms with E-state index >= 15 is 0 Å². The number of nitrogens with one attached hydrogen (secondary N) is 2. The minimum atomic E-state index is -4.79. The van der Waals surface area contributed by atoms with Crippen molar-refractivity contribution in [1.29, 1.82) is 0 Å².